The summed E-state index contributed by atoms with van der Waals surface area (Å²) in [5, 5.41) is 1.05. The first-order chi connectivity index (χ1) is 9.15. The van der Waals surface area contributed by atoms with Gasteiger partial charge in [0.25, 0.3) is 0 Å². The maximum absolute atomic E-state index is 6.15. The lowest BCUT2D eigenvalue weighted by molar-refractivity contribution is 0.564. The van der Waals surface area contributed by atoms with Crippen LogP contribution in [-0.4, -0.2) is 12.0 Å². The van der Waals surface area contributed by atoms with Gasteiger partial charge in [0.05, 0.1) is 5.69 Å². The second kappa shape index (κ2) is 4.94. The van der Waals surface area contributed by atoms with Crippen molar-refractivity contribution in [2.75, 3.05) is 11.9 Å². The standard InChI is InChI=1S/C15H19N3S/c1-10-5-3-6-11(9-10)18(2)15-17-14-12(16)7-4-8-13(14)19-15/h3,5-6,9,12H,4,7-8,16H2,1-2H3. The molecule has 0 aliphatic heterocycles. The fraction of sp³-hybridized carbons (Fsp3) is 0.400. The second-order valence-electron chi connectivity index (χ2n) is 5.20. The topological polar surface area (TPSA) is 42.2 Å². The Morgan fingerprint density at radius 3 is 3.00 bits per heavy atom. The molecule has 4 heteroatoms. The van der Waals surface area contributed by atoms with Gasteiger partial charge in [-0.3, -0.25) is 0 Å². The number of anilines is 2. The highest BCUT2D eigenvalue weighted by Gasteiger charge is 2.23. The van der Waals surface area contributed by atoms with Crippen LogP contribution in [0.25, 0.3) is 0 Å². The molecule has 1 atom stereocenters. The van der Waals surface area contributed by atoms with Crippen LogP contribution in [0.3, 0.4) is 0 Å². The van der Waals surface area contributed by atoms with E-state index in [0.29, 0.717) is 0 Å². The SMILES string of the molecule is Cc1cccc(N(C)c2nc3c(s2)CCCC3N)c1. The third kappa shape index (κ3) is 2.38. The molecule has 1 aromatic heterocycles. The van der Waals surface area contributed by atoms with E-state index < -0.39 is 0 Å². The van der Waals surface area contributed by atoms with Crippen LogP contribution in [0.1, 0.15) is 35.0 Å². The maximum atomic E-state index is 6.15. The van der Waals surface area contributed by atoms with Gasteiger partial charge in [0.15, 0.2) is 5.13 Å². The molecule has 0 fully saturated rings. The molecule has 0 saturated carbocycles. The minimum atomic E-state index is 0.125. The number of thiazole rings is 1. The lowest BCUT2D eigenvalue weighted by Gasteiger charge is -2.16. The number of hydrogen-bond donors (Lipinski definition) is 1. The third-order valence-corrected chi connectivity index (χ3v) is 4.87. The molecule has 19 heavy (non-hydrogen) atoms. The maximum Gasteiger partial charge on any atom is 0.190 e. The van der Waals surface area contributed by atoms with Gasteiger partial charge in [-0.15, -0.1) is 11.3 Å². The monoisotopic (exact) mass is 273 g/mol. The molecule has 1 aliphatic carbocycles. The second-order valence-corrected chi connectivity index (χ2v) is 6.26. The Kier molecular flexibility index (Phi) is 3.29. The minimum Gasteiger partial charge on any atom is -0.323 e. The Bertz CT molecular complexity index is 591. The quantitative estimate of drug-likeness (QED) is 0.909. The molecule has 1 unspecified atom stereocenters. The van der Waals surface area contributed by atoms with E-state index in [1.807, 2.05) is 0 Å². The predicted octanol–water partition coefficient (Wildman–Crippen LogP) is 3.56. The van der Waals surface area contributed by atoms with E-state index in [4.69, 9.17) is 10.7 Å². The van der Waals surface area contributed by atoms with Crippen LogP contribution in [0.2, 0.25) is 0 Å². The number of aryl methyl sites for hydroxylation is 2. The number of rotatable bonds is 2. The van der Waals surface area contributed by atoms with Crippen molar-refractivity contribution in [1.29, 1.82) is 0 Å². The van der Waals surface area contributed by atoms with Crippen molar-refractivity contribution in [2.24, 2.45) is 5.73 Å². The zero-order valence-corrected chi connectivity index (χ0v) is 12.2. The van der Waals surface area contributed by atoms with Gasteiger partial charge >= 0.3 is 0 Å². The van der Waals surface area contributed by atoms with Gasteiger partial charge < -0.3 is 10.6 Å². The summed E-state index contributed by atoms with van der Waals surface area (Å²) in [6.07, 6.45) is 3.37. The Labute approximate surface area is 118 Å². The lowest BCUT2D eigenvalue weighted by Crippen LogP contribution is -2.17. The normalized spacial score (nSPS) is 18.2. The summed E-state index contributed by atoms with van der Waals surface area (Å²) < 4.78 is 0. The lowest BCUT2D eigenvalue weighted by atomic mass is 9.99. The molecule has 0 spiro atoms. The molecule has 0 bridgehead atoms. The number of benzene rings is 1. The summed E-state index contributed by atoms with van der Waals surface area (Å²) in [5.74, 6) is 0. The molecule has 2 aromatic rings. The van der Waals surface area contributed by atoms with E-state index in [1.54, 1.807) is 11.3 Å². The molecule has 1 aromatic carbocycles. The Hall–Kier alpha value is -1.39. The Morgan fingerprint density at radius 1 is 1.42 bits per heavy atom. The van der Waals surface area contributed by atoms with Gasteiger partial charge in [-0.25, -0.2) is 4.98 Å². The average Bonchev–Trinajstić information content (AvgIpc) is 2.83. The van der Waals surface area contributed by atoms with Crippen molar-refractivity contribution >= 4 is 22.2 Å². The highest BCUT2D eigenvalue weighted by molar-refractivity contribution is 7.15. The van der Waals surface area contributed by atoms with Crippen LogP contribution in [0.5, 0.6) is 0 Å². The fourth-order valence-corrected chi connectivity index (χ4v) is 3.68. The van der Waals surface area contributed by atoms with Gasteiger partial charge in [0.1, 0.15) is 0 Å². The van der Waals surface area contributed by atoms with Crippen molar-refractivity contribution in [3.63, 3.8) is 0 Å². The zero-order chi connectivity index (χ0) is 13.4. The molecular formula is C15H19N3S. The smallest absolute Gasteiger partial charge is 0.190 e. The molecule has 0 amide bonds. The number of hydrogen-bond acceptors (Lipinski definition) is 4. The third-order valence-electron chi connectivity index (χ3n) is 3.66. The van der Waals surface area contributed by atoms with Crippen molar-refractivity contribution in [3.8, 4) is 0 Å². The van der Waals surface area contributed by atoms with Gasteiger partial charge in [0, 0.05) is 23.7 Å². The van der Waals surface area contributed by atoms with Crippen LogP contribution >= 0.6 is 11.3 Å². The predicted molar refractivity (Wildman–Crippen MR) is 81.2 cm³/mol. The molecule has 0 saturated heterocycles. The average molecular weight is 273 g/mol. The molecular weight excluding hydrogens is 254 g/mol. The van der Waals surface area contributed by atoms with E-state index in [9.17, 15) is 0 Å². The molecule has 3 nitrogen and oxygen atoms in total. The summed E-state index contributed by atoms with van der Waals surface area (Å²) in [6.45, 7) is 2.11. The van der Waals surface area contributed by atoms with Crippen LogP contribution in [0.4, 0.5) is 10.8 Å². The van der Waals surface area contributed by atoms with Crippen molar-refractivity contribution in [3.05, 3.63) is 40.4 Å². The van der Waals surface area contributed by atoms with Crippen molar-refractivity contribution in [2.45, 2.75) is 32.2 Å². The highest BCUT2D eigenvalue weighted by Crippen LogP contribution is 2.37. The number of fused-ring (bicyclic) bond motifs is 1. The molecule has 3 rings (SSSR count). The summed E-state index contributed by atoms with van der Waals surface area (Å²) in [6, 6.07) is 8.62. The first-order valence-corrected chi connectivity index (χ1v) is 7.52. The van der Waals surface area contributed by atoms with Gasteiger partial charge in [-0.1, -0.05) is 12.1 Å². The number of nitrogens with zero attached hydrogens (tertiary/aromatic N) is 2. The van der Waals surface area contributed by atoms with Crippen LogP contribution in [0.15, 0.2) is 24.3 Å². The summed E-state index contributed by atoms with van der Waals surface area (Å²) in [5.41, 5.74) is 9.71. The van der Waals surface area contributed by atoms with Crippen LogP contribution in [-0.2, 0) is 6.42 Å². The molecule has 1 aliphatic rings. The Balaban J connectivity index is 1.94. The zero-order valence-electron chi connectivity index (χ0n) is 11.4. The summed E-state index contributed by atoms with van der Waals surface area (Å²) >= 11 is 1.78. The van der Waals surface area contributed by atoms with Crippen LogP contribution in [0, 0.1) is 6.92 Å². The van der Waals surface area contributed by atoms with Gasteiger partial charge in [-0.2, -0.15) is 0 Å². The minimum absolute atomic E-state index is 0.125. The molecule has 100 valence electrons. The van der Waals surface area contributed by atoms with Gasteiger partial charge in [-0.05, 0) is 43.9 Å². The van der Waals surface area contributed by atoms with Gasteiger partial charge in [0.2, 0.25) is 0 Å². The molecule has 1 heterocycles. The molecule has 2 N–H and O–H groups in total. The van der Waals surface area contributed by atoms with E-state index in [2.05, 4.69) is 43.1 Å². The first-order valence-electron chi connectivity index (χ1n) is 6.71. The van der Waals surface area contributed by atoms with E-state index >= 15 is 0 Å². The van der Waals surface area contributed by atoms with Crippen LogP contribution < -0.4 is 10.6 Å². The fourth-order valence-electron chi connectivity index (χ4n) is 2.53. The number of nitrogens with two attached hydrogens (primary N) is 1. The largest absolute Gasteiger partial charge is 0.323 e. The van der Waals surface area contributed by atoms with E-state index in [0.717, 1.165) is 23.7 Å². The van der Waals surface area contributed by atoms with Crippen molar-refractivity contribution in [1.82, 2.24) is 4.98 Å². The number of aromatic nitrogens is 1. The van der Waals surface area contributed by atoms with Crippen molar-refractivity contribution < 1.29 is 0 Å². The highest BCUT2D eigenvalue weighted by atomic mass is 32.1. The summed E-state index contributed by atoms with van der Waals surface area (Å²) in [7, 11) is 2.07. The molecule has 0 radical (unpaired) electrons. The summed E-state index contributed by atoms with van der Waals surface area (Å²) in [4.78, 5) is 8.28. The first kappa shape index (κ1) is 12.6. The van der Waals surface area contributed by atoms with E-state index in [1.165, 1.54) is 22.5 Å². The Morgan fingerprint density at radius 2 is 2.26 bits per heavy atom. The van der Waals surface area contributed by atoms with E-state index in [-0.39, 0.29) is 6.04 Å².